The summed E-state index contributed by atoms with van der Waals surface area (Å²) < 4.78 is 15.3. The Bertz CT molecular complexity index is 1200. The van der Waals surface area contributed by atoms with E-state index in [2.05, 4.69) is 20.6 Å². The van der Waals surface area contributed by atoms with Gasteiger partial charge in [-0.1, -0.05) is 46.2 Å². The third-order valence-electron chi connectivity index (χ3n) is 7.58. The maximum Gasteiger partial charge on any atom is 0.141 e. The molecule has 1 aromatic heterocycles. The number of aromatic amines is 1. The van der Waals surface area contributed by atoms with Crippen molar-refractivity contribution in [3.63, 3.8) is 0 Å². The van der Waals surface area contributed by atoms with Gasteiger partial charge >= 0.3 is 0 Å². The number of fused-ring (bicyclic) bond motifs is 1. The van der Waals surface area contributed by atoms with Crippen molar-refractivity contribution in [3.05, 3.63) is 53.3 Å². The Morgan fingerprint density at radius 3 is 2.84 bits per heavy atom. The number of nitrogens with two attached hydrogens (primary N) is 1. The van der Waals surface area contributed by atoms with Crippen LogP contribution in [0.25, 0.3) is 22.4 Å². The minimum absolute atomic E-state index is 0.0627. The second-order valence-electron chi connectivity index (χ2n) is 10.4. The quantitative estimate of drug-likeness (QED) is 0.109. The molecule has 10 heteroatoms. The number of hydrogen-bond donors (Lipinski definition) is 6. The van der Waals surface area contributed by atoms with E-state index in [4.69, 9.17) is 5.73 Å². The lowest BCUT2D eigenvalue weighted by Crippen LogP contribution is -2.46. The van der Waals surface area contributed by atoms with E-state index in [9.17, 15) is 10.2 Å². The summed E-state index contributed by atoms with van der Waals surface area (Å²) in [6, 6.07) is 10.9. The molecule has 2 saturated heterocycles. The number of H-pyrrole nitrogens is 1. The van der Waals surface area contributed by atoms with Gasteiger partial charge < -0.3 is 26.2 Å². The second-order valence-corrected chi connectivity index (χ2v) is 13.2. The van der Waals surface area contributed by atoms with Crippen LogP contribution in [0.4, 0.5) is 4.39 Å². The van der Waals surface area contributed by atoms with Crippen molar-refractivity contribution in [2.24, 2.45) is 5.73 Å². The molecular formula is C28H38FN5O2S2. The Kier molecular flexibility index (Phi) is 9.64. The minimum Gasteiger partial charge on any atom is -0.379 e. The average molecular weight is 560 g/mol. The first-order valence-corrected chi connectivity index (χ1v) is 16.0. The van der Waals surface area contributed by atoms with Crippen molar-refractivity contribution in [1.82, 2.24) is 20.6 Å². The molecule has 3 aromatic rings. The van der Waals surface area contributed by atoms with Gasteiger partial charge in [0.05, 0.1) is 16.6 Å². The first kappa shape index (κ1) is 27.9. The van der Waals surface area contributed by atoms with E-state index in [1.165, 1.54) is 25.0 Å². The molecule has 7 N–H and O–H groups in total. The molecule has 0 bridgehead atoms. The lowest BCUT2D eigenvalue weighted by Gasteiger charge is -2.32. The molecule has 2 aliphatic rings. The summed E-state index contributed by atoms with van der Waals surface area (Å²) in [4.78, 5) is 7.67. The Balaban J connectivity index is 1.14. The summed E-state index contributed by atoms with van der Waals surface area (Å²) >= 11 is 0. The van der Waals surface area contributed by atoms with Gasteiger partial charge in [-0.05, 0) is 68.7 Å². The van der Waals surface area contributed by atoms with E-state index in [1.807, 2.05) is 33.7 Å². The van der Waals surface area contributed by atoms with Crippen LogP contribution in [0.1, 0.15) is 74.8 Å². The van der Waals surface area contributed by atoms with Crippen molar-refractivity contribution in [2.75, 3.05) is 12.3 Å². The highest BCUT2D eigenvalue weighted by Gasteiger charge is 2.24. The number of aliphatic hydroxyl groups is 2. The second kappa shape index (κ2) is 13.1. The van der Waals surface area contributed by atoms with E-state index in [0.29, 0.717) is 34.5 Å². The summed E-state index contributed by atoms with van der Waals surface area (Å²) in [5.74, 6) is 1.34. The standard InChI is InChI=1S/C28H38FN5O2S2/c29-22-15-17(11-12-20(22)28-33-24-9-4-7-21(27(30)36)26(24)34-28)23-8-3-5-18(32-23)16-31-25(35)10-2-1-6-19-13-14-37-38-19/h4,7,9,11-12,15,18-19,23,25,27,31-32,35-36H,1-3,5-6,8,10,13-14,16,30H2,(H,33,34). The Hall–Kier alpha value is -1.66. The molecule has 5 unspecified atom stereocenters. The smallest absolute Gasteiger partial charge is 0.141 e. The number of piperidine rings is 1. The van der Waals surface area contributed by atoms with Crippen molar-refractivity contribution in [3.8, 4) is 11.4 Å². The molecule has 7 nitrogen and oxygen atoms in total. The lowest BCUT2D eigenvalue weighted by molar-refractivity contribution is 0.117. The molecule has 0 saturated carbocycles. The fourth-order valence-electron chi connectivity index (χ4n) is 5.46. The van der Waals surface area contributed by atoms with Crippen molar-refractivity contribution < 1.29 is 14.6 Å². The van der Waals surface area contributed by atoms with E-state index in [-0.39, 0.29) is 17.9 Å². The molecular weight excluding hydrogens is 521 g/mol. The van der Waals surface area contributed by atoms with Crippen molar-refractivity contribution in [1.29, 1.82) is 0 Å². The number of halogens is 1. The van der Waals surface area contributed by atoms with Crippen LogP contribution in [0.15, 0.2) is 36.4 Å². The van der Waals surface area contributed by atoms with E-state index in [0.717, 1.165) is 42.9 Å². The molecule has 5 atom stereocenters. The number of para-hydroxylation sites is 1. The minimum atomic E-state index is -1.15. The summed E-state index contributed by atoms with van der Waals surface area (Å²) in [7, 11) is 4.00. The number of rotatable bonds is 11. The Morgan fingerprint density at radius 1 is 1.16 bits per heavy atom. The predicted octanol–water partition coefficient (Wildman–Crippen LogP) is 5.12. The molecule has 0 aliphatic carbocycles. The van der Waals surface area contributed by atoms with Gasteiger partial charge in [0.25, 0.3) is 0 Å². The largest absolute Gasteiger partial charge is 0.379 e. The highest BCUT2D eigenvalue weighted by molar-refractivity contribution is 8.77. The number of aliphatic hydroxyl groups excluding tert-OH is 2. The van der Waals surface area contributed by atoms with Gasteiger partial charge in [0.2, 0.25) is 0 Å². The Labute approximate surface area is 231 Å². The molecule has 0 amide bonds. The van der Waals surface area contributed by atoms with Crippen LogP contribution >= 0.6 is 21.6 Å². The van der Waals surface area contributed by atoms with Gasteiger partial charge in [0.15, 0.2) is 0 Å². The van der Waals surface area contributed by atoms with Crippen LogP contribution in [0.2, 0.25) is 0 Å². The fraction of sp³-hybridized carbons (Fsp3) is 0.536. The molecule has 0 radical (unpaired) electrons. The SMILES string of the molecule is NC(O)c1cccc2[nH]c(-c3ccc(C4CCCC(CNC(O)CCCCC5CCSS5)N4)cc3F)nc12. The third-order valence-corrected chi connectivity index (χ3v) is 10.6. The molecule has 0 spiro atoms. The van der Waals surface area contributed by atoms with Crippen LogP contribution in [0.5, 0.6) is 0 Å². The molecule has 5 rings (SSSR count). The summed E-state index contributed by atoms with van der Waals surface area (Å²) in [5.41, 5.74) is 8.69. The normalized spacial score (nSPS) is 23.6. The number of nitrogens with one attached hydrogen (secondary N) is 3. The van der Waals surface area contributed by atoms with Gasteiger partial charge in [-0.2, -0.15) is 0 Å². The third kappa shape index (κ3) is 6.91. The maximum absolute atomic E-state index is 15.3. The Morgan fingerprint density at radius 2 is 2.05 bits per heavy atom. The van der Waals surface area contributed by atoms with E-state index < -0.39 is 12.5 Å². The van der Waals surface area contributed by atoms with Gasteiger partial charge in [-0.3, -0.25) is 5.32 Å². The number of aromatic nitrogens is 2. The number of nitrogens with zero attached hydrogens (tertiary/aromatic N) is 1. The topological polar surface area (TPSA) is 119 Å². The summed E-state index contributed by atoms with van der Waals surface area (Å²) in [5, 5.41) is 28.0. The molecule has 2 fully saturated rings. The molecule has 38 heavy (non-hydrogen) atoms. The molecule has 3 heterocycles. The number of hydrogen-bond acceptors (Lipinski definition) is 8. The van der Waals surface area contributed by atoms with Crippen LogP contribution in [-0.4, -0.2) is 50.0 Å². The molecule has 206 valence electrons. The first-order valence-electron chi connectivity index (χ1n) is 13.7. The van der Waals surface area contributed by atoms with Crippen LogP contribution < -0.4 is 16.4 Å². The van der Waals surface area contributed by atoms with E-state index >= 15 is 4.39 Å². The monoisotopic (exact) mass is 559 g/mol. The van der Waals surface area contributed by atoms with Crippen molar-refractivity contribution >= 4 is 32.6 Å². The van der Waals surface area contributed by atoms with E-state index in [1.54, 1.807) is 24.3 Å². The first-order chi connectivity index (χ1) is 18.5. The number of benzene rings is 2. The zero-order valence-electron chi connectivity index (χ0n) is 21.5. The lowest BCUT2D eigenvalue weighted by atomic mass is 9.92. The number of imidazole rings is 1. The van der Waals surface area contributed by atoms with Crippen LogP contribution in [0.3, 0.4) is 0 Å². The molecule has 2 aliphatic heterocycles. The predicted molar refractivity (Wildman–Crippen MR) is 155 cm³/mol. The van der Waals surface area contributed by atoms with Gasteiger partial charge in [0.1, 0.15) is 24.1 Å². The van der Waals surface area contributed by atoms with Gasteiger partial charge in [0, 0.05) is 35.2 Å². The maximum atomic E-state index is 15.3. The van der Waals surface area contributed by atoms with Crippen molar-refractivity contribution in [2.45, 2.75) is 81.2 Å². The van der Waals surface area contributed by atoms with Crippen LogP contribution in [0, 0.1) is 5.82 Å². The average Bonchev–Trinajstić information content (AvgIpc) is 3.60. The zero-order valence-corrected chi connectivity index (χ0v) is 23.2. The highest BCUT2D eigenvalue weighted by atomic mass is 33.1. The van der Waals surface area contributed by atoms with Gasteiger partial charge in [-0.25, -0.2) is 9.37 Å². The molecule has 2 aromatic carbocycles. The number of unbranched alkanes of at least 4 members (excludes halogenated alkanes) is 1. The van der Waals surface area contributed by atoms with Gasteiger partial charge in [-0.15, -0.1) is 0 Å². The highest BCUT2D eigenvalue weighted by Crippen LogP contribution is 2.40. The zero-order chi connectivity index (χ0) is 26.5. The summed E-state index contributed by atoms with van der Waals surface area (Å²) in [6.07, 6.45) is 6.95. The fourth-order valence-corrected chi connectivity index (χ4v) is 8.49. The summed E-state index contributed by atoms with van der Waals surface area (Å²) in [6.45, 7) is 0.696. The van der Waals surface area contributed by atoms with Crippen LogP contribution in [-0.2, 0) is 0 Å².